The minimum absolute atomic E-state index is 0.0979. The molecule has 0 aliphatic heterocycles. The minimum Gasteiger partial charge on any atom is -0.380 e. The molecule has 0 aliphatic carbocycles. The zero-order chi connectivity index (χ0) is 12.7. The highest BCUT2D eigenvalue weighted by atomic mass is 19.4. The molecule has 0 aliphatic rings. The average Bonchev–Trinajstić information content (AvgIpc) is 2.27. The Morgan fingerprint density at radius 1 is 1.47 bits per heavy atom. The van der Waals surface area contributed by atoms with Gasteiger partial charge in [0.2, 0.25) is 0 Å². The van der Waals surface area contributed by atoms with Crippen molar-refractivity contribution in [2.75, 3.05) is 25.1 Å². The summed E-state index contributed by atoms with van der Waals surface area (Å²) in [5.41, 5.74) is 0.675. The van der Waals surface area contributed by atoms with Gasteiger partial charge >= 0.3 is 6.18 Å². The van der Waals surface area contributed by atoms with Gasteiger partial charge in [0.05, 0.1) is 12.3 Å². The lowest BCUT2D eigenvalue weighted by Crippen LogP contribution is -2.20. The Morgan fingerprint density at radius 3 is 2.88 bits per heavy atom. The van der Waals surface area contributed by atoms with Crippen LogP contribution in [0.2, 0.25) is 0 Å². The molecule has 0 amide bonds. The zero-order valence-corrected chi connectivity index (χ0v) is 8.79. The third kappa shape index (κ3) is 5.17. The fraction of sp³-hybridized carbons (Fsp3) is 0.400. The van der Waals surface area contributed by atoms with E-state index in [1.807, 2.05) is 6.07 Å². The van der Waals surface area contributed by atoms with Crippen LogP contribution in [0.25, 0.3) is 0 Å². The molecule has 0 atom stereocenters. The smallest absolute Gasteiger partial charge is 0.380 e. The highest BCUT2D eigenvalue weighted by molar-refractivity contribution is 5.53. The summed E-state index contributed by atoms with van der Waals surface area (Å²) in [4.78, 5) is 3.79. The number of nitriles is 1. The van der Waals surface area contributed by atoms with Gasteiger partial charge in [0.15, 0.2) is 5.69 Å². The standard InChI is InChI=1S/C10H10F3N3O/c11-10(12,13)7-17-5-4-16-8-2-1-3-15-9(8)6-14/h1-3,16H,4-5,7H2. The summed E-state index contributed by atoms with van der Waals surface area (Å²) in [6.45, 7) is -1.19. The van der Waals surface area contributed by atoms with Crippen LogP contribution in [-0.2, 0) is 4.74 Å². The minimum atomic E-state index is -4.31. The van der Waals surface area contributed by atoms with Gasteiger partial charge in [-0.25, -0.2) is 4.98 Å². The van der Waals surface area contributed by atoms with Crippen LogP contribution in [0.4, 0.5) is 18.9 Å². The van der Waals surface area contributed by atoms with Crippen molar-refractivity contribution in [1.29, 1.82) is 5.26 Å². The predicted octanol–water partition coefficient (Wildman–Crippen LogP) is 1.94. The number of ether oxygens (including phenoxy) is 1. The summed E-state index contributed by atoms with van der Waals surface area (Å²) in [5, 5.41) is 11.5. The molecule has 1 N–H and O–H groups in total. The number of rotatable bonds is 5. The molecular weight excluding hydrogens is 235 g/mol. The number of nitrogens with one attached hydrogen (secondary N) is 1. The molecule has 0 aromatic carbocycles. The lowest BCUT2D eigenvalue weighted by molar-refractivity contribution is -0.172. The molecule has 1 rings (SSSR count). The van der Waals surface area contributed by atoms with Gasteiger partial charge in [0.25, 0.3) is 0 Å². The molecule has 1 aromatic rings. The normalized spacial score (nSPS) is 10.9. The lowest BCUT2D eigenvalue weighted by atomic mass is 10.3. The van der Waals surface area contributed by atoms with Gasteiger partial charge in [-0.05, 0) is 12.1 Å². The second kappa shape index (κ2) is 6.06. The molecule has 4 nitrogen and oxygen atoms in total. The molecule has 0 saturated heterocycles. The first-order valence-corrected chi connectivity index (χ1v) is 4.76. The molecule has 1 heterocycles. The molecule has 0 fully saturated rings. The van der Waals surface area contributed by atoms with Crippen molar-refractivity contribution in [1.82, 2.24) is 4.98 Å². The Morgan fingerprint density at radius 2 is 2.24 bits per heavy atom. The number of aromatic nitrogens is 1. The number of hydrogen-bond donors (Lipinski definition) is 1. The van der Waals surface area contributed by atoms with E-state index in [4.69, 9.17) is 5.26 Å². The fourth-order valence-electron chi connectivity index (χ4n) is 1.08. The van der Waals surface area contributed by atoms with Crippen LogP contribution < -0.4 is 5.32 Å². The van der Waals surface area contributed by atoms with E-state index in [2.05, 4.69) is 15.0 Å². The Balaban J connectivity index is 2.30. The number of pyridine rings is 1. The maximum atomic E-state index is 11.7. The third-order valence-corrected chi connectivity index (χ3v) is 1.74. The van der Waals surface area contributed by atoms with E-state index in [0.717, 1.165) is 0 Å². The van der Waals surface area contributed by atoms with E-state index in [0.29, 0.717) is 5.69 Å². The second-order valence-corrected chi connectivity index (χ2v) is 3.11. The Bertz CT molecular complexity index is 401. The van der Waals surface area contributed by atoms with E-state index in [1.54, 1.807) is 12.1 Å². The van der Waals surface area contributed by atoms with Gasteiger partial charge < -0.3 is 10.1 Å². The third-order valence-electron chi connectivity index (χ3n) is 1.74. The van der Waals surface area contributed by atoms with Gasteiger partial charge in [-0.1, -0.05) is 0 Å². The highest BCUT2D eigenvalue weighted by Crippen LogP contribution is 2.14. The monoisotopic (exact) mass is 245 g/mol. The molecule has 0 unspecified atom stereocenters. The molecule has 0 saturated carbocycles. The topological polar surface area (TPSA) is 57.9 Å². The molecule has 7 heteroatoms. The van der Waals surface area contributed by atoms with Crippen molar-refractivity contribution >= 4 is 5.69 Å². The quantitative estimate of drug-likeness (QED) is 0.805. The van der Waals surface area contributed by atoms with Crippen molar-refractivity contribution in [3.8, 4) is 6.07 Å². The summed E-state index contributed by atoms with van der Waals surface area (Å²) in [6.07, 6.45) is -2.85. The molecule has 0 spiro atoms. The van der Waals surface area contributed by atoms with Crippen molar-refractivity contribution in [3.63, 3.8) is 0 Å². The van der Waals surface area contributed by atoms with Crippen LogP contribution in [0.1, 0.15) is 5.69 Å². The lowest BCUT2D eigenvalue weighted by Gasteiger charge is -2.09. The predicted molar refractivity (Wildman–Crippen MR) is 54.3 cm³/mol. The van der Waals surface area contributed by atoms with Crippen LogP contribution in [0.5, 0.6) is 0 Å². The van der Waals surface area contributed by atoms with Gasteiger partial charge in [0.1, 0.15) is 12.7 Å². The first-order chi connectivity index (χ1) is 8.03. The summed E-state index contributed by atoms with van der Waals surface area (Å²) in [5.74, 6) is 0. The van der Waals surface area contributed by atoms with Gasteiger partial charge in [0, 0.05) is 12.7 Å². The van der Waals surface area contributed by atoms with Crippen molar-refractivity contribution in [2.24, 2.45) is 0 Å². The van der Waals surface area contributed by atoms with E-state index >= 15 is 0 Å². The molecule has 17 heavy (non-hydrogen) atoms. The maximum Gasteiger partial charge on any atom is 0.411 e. The molecule has 1 aromatic heterocycles. The van der Waals surface area contributed by atoms with Gasteiger partial charge in [-0.15, -0.1) is 0 Å². The van der Waals surface area contributed by atoms with Gasteiger partial charge in [-0.2, -0.15) is 18.4 Å². The van der Waals surface area contributed by atoms with E-state index in [-0.39, 0.29) is 18.8 Å². The SMILES string of the molecule is N#Cc1ncccc1NCCOCC(F)(F)F. The fourth-order valence-corrected chi connectivity index (χ4v) is 1.08. The van der Waals surface area contributed by atoms with Crippen LogP contribution in [0.3, 0.4) is 0 Å². The van der Waals surface area contributed by atoms with Crippen LogP contribution >= 0.6 is 0 Å². The van der Waals surface area contributed by atoms with Crippen LogP contribution in [-0.4, -0.2) is 30.9 Å². The van der Waals surface area contributed by atoms with Crippen molar-refractivity contribution in [3.05, 3.63) is 24.0 Å². The number of hydrogen-bond acceptors (Lipinski definition) is 4. The highest BCUT2D eigenvalue weighted by Gasteiger charge is 2.27. The first kappa shape index (κ1) is 13.3. The second-order valence-electron chi connectivity index (χ2n) is 3.11. The summed E-state index contributed by atoms with van der Waals surface area (Å²) < 4.78 is 39.6. The Labute approximate surface area is 96.0 Å². The maximum absolute atomic E-state index is 11.7. The van der Waals surface area contributed by atoms with E-state index < -0.39 is 12.8 Å². The Hall–Kier alpha value is -1.81. The number of alkyl halides is 3. The summed E-state index contributed by atoms with van der Waals surface area (Å²) in [6, 6.07) is 5.11. The average molecular weight is 245 g/mol. The Kier molecular flexibility index (Phi) is 4.72. The number of halogens is 3. The van der Waals surface area contributed by atoms with Crippen molar-refractivity contribution in [2.45, 2.75) is 6.18 Å². The zero-order valence-electron chi connectivity index (χ0n) is 8.79. The van der Waals surface area contributed by atoms with E-state index in [1.165, 1.54) is 6.20 Å². The summed E-state index contributed by atoms with van der Waals surface area (Å²) in [7, 11) is 0. The number of nitrogens with zero attached hydrogens (tertiary/aromatic N) is 2. The largest absolute Gasteiger partial charge is 0.411 e. The van der Waals surface area contributed by atoms with Crippen LogP contribution in [0, 0.1) is 11.3 Å². The van der Waals surface area contributed by atoms with Crippen molar-refractivity contribution < 1.29 is 17.9 Å². The van der Waals surface area contributed by atoms with E-state index in [9.17, 15) is 13.2 Å². The first-order valence-electron chi connectivity index (χ1n) is 4.76. The molecule has 0 bridgehead atoms. The molecule has 92 valence electrons. The number of anilines is 1. The molecule has 0 radical (unpaired) electrons. The van der Waals surface area contributed by atoms with Gasteiger partial charge in [-0.3, -0.25) is 0 Å². The van der Waals surface area contributed by atoms with Crippen LogP contribution in [0.15, 0.2) is 18.3 Å². The molecular formula is C10H10F3N3O. The summed E-state index contributed by atoms with van der Waals surface area (Å²) >= 11 is 0.